The Labute approximate surface area is 158 Å². The lowest BCUT2D eigenvalue weighted by atomic mass is 10.2. The van der Waals surface area contributed by atoms with Gasteiger partial charge in [-0.3, -0.25) is 9.59 Å². The molecule has 2 N–H and O–H groups in total. The first-order chi connectivity index (χ1) is 12.4. The quantitative estimate of drug-likeness (QED) is 0.716. The van der Waals surface area contributed by atoms with Crippen LogP contribution in [-0.4, -0.2) is 32.6 Å². The second-order valence-corrected chi connectivity index (χ2v) is 6.18. The van der Waals surface area contributed by atoms with Gasteiger partial charge in [0, 0.05) is 22.1 Å². The van der Waals surface area contributed by atoms with Crippen LogP contribution in [0.4, 0.5) is 4.39 Å². The summed E-state index contributed by atoms with van der Waals surface area (Å²) in [6, 6.07) is 9.14. The zero-order valence-electron chi connectivity index (χ0n) is 14.3. The Hall–Kier alpha value is -2.61. The molecule has 0 aliphatic carbocycles. The van der Waals surface area contributed by atoms with Crippen molar-refractivity contribution >= 4 is 27.7 Å². The summed E-state index contributed by atoms with van der Waals surface area (Å²) in [5.74, 6) is -0.372. The monoisotopic (exact) mass is 424 g/mol. The van der Waals surface area contributed by atoms with Gasteiger partial charge < -0.3 is 20.1 Å². The Balaban J connectivity index is 1.88. The smallest absolute Gasteiger partial charge is 0.251 e. The van der Waals surface area contributed by atoms with Crippen LogP contribution >= 0.6 is 15.9 Å². The predicted molar refractivity (Wildman–Crippen MR) is 97.8 cm³/mol. The Morgan fingerprint density at radius 2 is 1.77 bits per heavy atom. The van der Waals surface area contributed by atoms with Crippen molar-refractivity contribution in [1.29, 1.82) is 0 Å². The van der Waals surface area contributed by atoms with Gasteiger partial charge in [-0.1, -0.05) is 15.9 Å². The van der Waals surface area contributed by atoms with Gasteiger partial charge in [-0.2, -0.15) is 0 Å². The fourth-order valence-electron chi connectivity index (χ4n) is 2.18. The first-order valence-corrected chi connectivity index (χ1v) is 8.44. The van der Waals surface area contributed by atoms with Crippen molar-refractivity contribution in [1.82, 2.24) is 10.6 Å². The van der Waals surface area contributed by atoms with E-state index in [2.05, 4.69) is 26.6 Å². The highest BCUT2D eigenvalue weighted by atomic mass is 79.9. The number of carbonyl (C=O) groups excluding carboxylic acids is 2. The average Bonchev–Trinajstić information content (AvgIpc) is 2.66. The van der Waals surface area contributed by atoms with Crippen molar-refractivity contribution in [3.63, 3.8) is 0 Å². The summed E-state index contributed by atoms with van der Waals surface area (Å²) in [7, 11) is 2.96. The molecular formula is C18H18BrFN2O4. The highest BCUT2D eigenvalue weighted by Crippen LogP contribution is 2.27. The molecule has 2 rings (SSSR count). The van der Waals surface area contributed by atoms with Gasteiger partial charge in [0.15, 0.2) is 11.5 Å². The highest BCUT2D eigenvalue weighted by Gasteiger charge is 2.12. The van der Waals surface area contributed by atoms with E-state index in [0.29, 0.717) is 27.1 Å². The van der Waals surface area contributed by atoms with E-state index in [9.17, 15) is 14.0 Å². The van der Waals surface area contributed by atoms with Crippen molar-refractivity contribution < 1.29 is 23.5 Å². The Morgan fingerprint density at radius 1 is 1.04 bits per heavy atom. The van der Waals surface area contributed by atoms with E-state index >= 15 is 0 Å². The van der Waals surface area contributed by atoms with Gasteiger partial charge in [-0.05, 0) is 36.4 Å². The minimum absolute atomic E-state index is 0.0241. The third-order valence-electron chi connectivity index (χ3n) is 3.54. The molecule has 2 aromatic rings. The second-order valence-electron chi connectivity index (χ2n) is 5.26. The first-order valence-electron chi connectivity index (χ1n) is 7.65. The molecule has 0 aliphatic heterocycles. The van der Waals surface area contributed by atoms with Crippen LogP contribution in [0.25, 0.3) is 0 Å². The van der Waals surface area contributed by atoms with Gasteiger partial charge in [-0.15, -0.1) is 0 Å². The number of hydrogen-bond acceptors (Lipinski definition) is 4. The first kappa shape index (κ1) is 19.7. The molecule has 0 bridgehead atoms. The van der Waals surface area contributed by atoms with E-state index in [1.165, 1.54) is 26.4 Å². The normalized spacial score (nSPS) is 10.2. The fraction of sp³-hybridized carbons (Fsp3) is 0.222. The van der Waals surface area contributed by atoms with E-state index in [0.717, 1.165) is 0 Å². The molecule has 2 amide bonds. The summed E-state index contributed by atoms with van der Waals surface area (Å²) in [6.07, 6.45) is 0. The van der Waals surface area contributed by atoms with Crippen LogP contribution in [0, 0.1) is 5.82 Å². The van der Waals surface area contributed by atoms with Crippen LogP contribution in [0.5, 0.6) is 11.5 Å². The minimum Gasteiger partial charge on any atom is -0.493 e. The topological polar surface area (TPSA) is 76.7 Å². The number of halogens is 2. The number of hydrogen-bond donors (Lipinski definition) is 2. The Morgan fingerprint density at radius 3 is 2.46 bits per heavy atom. The Bertz CT molecular complexity index is 814. The van der Waals surface area contributed by atoms with Crippen molar-refractivity contribution in [2.45, 2.75) is 6.54 Å². The van der Waals surface area contributed by atoms with Crippen molar-refractivity contribution in [2.75, 3.05) is 20.8 Å². The summed E-state index contributed by atoms with van der Waals surface area (Å²) < 4.78 is 24.6. The van der Waals surface area contributed by atoms with Crippen molar-refractivity contribution in [3.8, 4) is 11.5 Å². The molecule has 0 aliphatic rings. The summed E-state index contributed by atoms with van der Waals surface area (Å²) in [4.78, 5) is 24.0. The molecule has 0 aromatic heterocycles. The average molecular weight is 425 g/mol. The molecule has 0 radical (unpaired) electrons. The molecule has 26 heavy (non-hydrogen) atoms. The largest absolute Gasteiger partial charge is 0.493 e. The van der Waals surface area contributed by atoms with E-state index in [1.54, 1.807) is 24.3 Å². The van der Waals surface area contributed by atoms with Gasteiger partial charge in [-0.25, -0.2) is 4.39 Å². The van der Waals surface area contributed by atoms with Crippen molar-refractivity contribution in [2.24, 2.45) is 0 Å². The molecule has 0 unspecified atom stereocenters. The molecule has 0 atom stereocenters. The lowest BCUT2D eigenvalue weighted by molar-refractivity contribution is -0.120. The third kappa shape index (κ3) is 5.19. The van der Waals surface area contributed by atoms with Gasteiger partial charge >= 0.3 is 0 Å². The molecule has 138 valence electrons. The molecule has 6 nitrogen and oxygen atoms in total. The summed E-state index contributed by atoms with van der Waals surface area (Å²) in [5.41, 5.74) is 0.674. The number of nitrogens with one attached hydrogen (secondary N) is 2. The maximum Gasteiger partial charge on any atom is 0.251 e. The molecule has 0 spiro atoms. The number of amides is 2. The predicted octanol–water partition coefficient (Wildman–Crippen LogP) is 2.65. The molecule has 8 heteroatoms. The zero-order valence-corrected chi connectivity index (χ0v) is 15.9. The van der Waals surface area contributed by atoms with Crippen LogP contribution in [0.3, 0.4) is 0 Å². The molecule has 0 heterocycles. The molecule has 0 saturated carbocycles. The number of methoxy groups -OCH3 is 2. The Kier molecular flexibility index (Phi) is 6.97. The van der Waals surface area contributed by atoms with Crippen molar-refractivity contribution in [3.05, 3.63) is 57.8 Å². The van der Waals surface area contributed by atoms with Gasteiger partial charge in [0.25, 0.3) is 5.91 Å². The summed E-state index contributed by atoms with van der Waals surface area (Å²) in [5, 5.41) is 5.05. The number of ether oxygens (including phenoxy) is 2. The molecular weight excluding hydrogens is 407 g/mol. The van der Waals surface area contributed by atoms with Gasteiger partial charge in [0.1, 0.15) is 5.82 Å². The van der Waals surface area contributed by atoms with Crippen LogP contribution in [0.15, 0.2) is 40.9 Å². The number of carbonyl (C=O) groups is 2. The third-order valence-corrected chi connectivity index (χ3v) is 4.03. The number of benzene rings is 2. The lowest BCUT2D eigenvalue weighted by Crippen LogP contribution is -2.36. The molecule has 0 saturated heterocycles. The van der Waals surface area contributed by atoms with E-state index in [-0.39, 0.29) is 13.1 Å². The number of rotatable bonds is 7. The van der Waals surface area contributed by atoms with E-state index in [4.69, 9.17) is 9.47 Å². The second kappa shape index (κ2) is 9.19. The maximum absolute atomic E-state index is 13.6. The van der Waals surface area contributed by atoms with Gasteiger partial charge in [0.05, 0.1) is 20.8 Å². The molecule has 2 aromatic carbocycles. The minimum atomic E-state index is -0.435. The maximum atomic E-state index is 13.6. The van der Waals surface area contributed by atoms with Crippen LogP contribution in [-0.2, 0) is 11.3 Å². The highest BCUT2D eigenvalue weighted by molar-refractivity contribution is 9.10. The standard InChI is InChI=1S/C18H18BrFN2O4/c1-25-15-6-3-11(8-16(15)26-2)18(24)22-10-17(23)21-9-12-7-13(19)4-5-14(12)20/h3-8H,9-10H2,1-2H3,(H,21,23)(H,22,24). The van der Waals surface area contributed by atoms with E-state index in [1.807, 2.05) is 0 Å². The molecule has 0 fully saturated rings. The summed E-state index contributed by atoms with van der Waals surface area (Å²) >= 11 is 3.25. The van der Waals surface area contributed by atoms with Crippen LogP contribution in [0.2, 0.25) is 0 Å². The zero-order chi connectivity index (χ0) is 19.1. The SMILES string of the molecule is COc1ccc(C(=O)NCC(=O)NCc2cc(Br)ccc2F)cc1OC. The summed E-state index contributed by atoms with van der Waals surface area (Å²) in [6.45, 7) is -0.209. The van der Waals surface area contributed by atoms with Crippen LogP contribution in [0.1, 0.15) is 15.9 Å². The van der Waals surface area contributed by atoms with E-state index < -0.39 is 17.6 Å². The van der Waals surface area contributed by atoms with Gasteiger partial charge in [0.2, 0.25) is 5.91 Å². The lowest BCUT2D eigenvalue weighted by Gasteiger charge is -2.10. The van der Waals surface area contributed by atoms with Crippen LogP contribution < -0.4 is 20.1 Å². The fourth-order valence-corrected chi connectivity index (χ4v) is 2.58.